The van der Waals surface area contributed by atoms with Gasteiger partial charge in [-0.05, 0) is 103 Å². The first-order valence-electron chi connectivity index (χ1n) is 14.3. The molecule has 41 heavy (non-hydrogen) atoms. The quantitative estimate of drug-likeness (QED) is 0.227. The third kappa shape index (κ3) is 4.16. The lowest BCUT2D eigenvalue weighted by atomic mass is 9.94. The number of nitrogens with zero attached hydrogens (tertiary/aromatic N) is 2. The van der Waals surface area contributed by atoms with E-state index >= 15 is 0 Å². The van der Waals surface area contributed by atoms with Crippen LogP contribution in [0.1, 0.15) is 13.8 Å². The van der Waals surface area contributed by atoms with E-state index in [1.54, 1.807) is 0 Å². The smallest absolute Gasteiger partial charge is 0.137 e. The van der Waals surface area contributed by atoms with Gasteiger partial charge in [0.15, 0.2) is 0 Å². The Kier molecular flexibility index (Phi) is 6.29. The highest BCUT2D eigenvalue weighted by atomic mass is 15.2. The standard InChI is InChI=1S/C37H24N2.C2H6/c1-2-11-28(12-3-1)39(36-15-6-7-22-38-36)29-18-16-25(17-19-29)30-20-21-33-35-24-27-10-5-4-9-26(27)23-34(35)32-14-8-13-31(30)37(32)33;1-2/h1-24H;1-2H3. The number of pyridine rings is 1. The zero-order valence-electron chi connectivity index (χ0n) is 23.3. The average molecular weight is 527 g/mol. The van der Waals surface area contributed by atoms with Gasteiger partial charge in [0.05, 0.1) is 0 Å². The van der Waals surface area contributed by atoms with E-state index in [1.807, 2.05) is 44.3 Å². The van der Waals surface area contributed by atoms with Crippen LogP contribution in [0.3, 0.4) is 0 Å². The summed E-state index contributed by atoms with van der Waals surface area (Å²) >= 11 is 0. The van der Waals surface area contributed by atoms with Crippen molar-refractivity contribution < 1.29 is 0 Å². The van der Waals surface area contributed by atoms with E-state index < -0.39 is 0 Å². The molecule has 0 unspecified atom stereocenters. The molecule has 6 aromatic carbocycles. The highest BCUT2D eigenvalue weighted by Gasteiger charge is 2.23. The van der Waals surface area contributed by atoms with Crippen LogP contribution < -0.4 is 4.90 Å². The third-order valence-corrected chi connectivity index (χ3v) is 7.84. The summed E-state index contributed by atoms with van der Waals surface area (Å²) in [7, 11) is 0. The van der Waals surface area contributed by atoms with Crippen LogP contribution in [-0.4, -0.2) is 4.98 Å². The number of hydrogen-bond donors (Lipinski definition) is 0. The first-order chi connectivity index (χ1) is 20.3. The van der Waals surface area contributed by atoms with Crippen molar-refractivity contribution in [2.24, 2.45) is 0 Å². The van der Waals surface area contributed by atoms with Crippen molar-refractivity contribution in [1.29, 1.82) is 0 Å². The number of rotatable bonds is 4. The number of para-hydroxylation sites is 1. The average Bonchev–Trinajstić information content (AvgIpc) is 3.36. The van der Waals surface area contributed by atoms with Crippen molar-refractivity contribution in [3.05, 3.63) is 146 Å². The SMILES string of the molecule is CC.c1ccc(N(c2ccc(-c3ccc4c5c(cccc35)-c3cc5ccccc5cc3-4)cc2)c2ccccn2)cc1. The second-order valence-corrected chi connectivity index (χ2v) is 10.0. The lowest BCUT2D eigenvalue weighted by molar-refractivity contribution is 1.18. The van der Waals surface area contributed by atoms with Gasteiger partial charge in [0, 0.05) is 17.6 Å². The van der Waals surface area contributed by atoms with Gasteiger partial charge in [0.25, 0.3) is 0 Å². The van der Waals surface area contributed by atoms with Crippen molar-refractivity contribution in [2.45, 2.75) is 13.8 Å². The van der Waals surface area contributed by atoms with Gasteiger partial charge in [-0.25, -0.2) is 4.98 Å². The Morgan fingerprint density at radius 2 is 1.07 bits per heavy atom. The van der Waals surface area contributed by atoms with Gasteiger partial charge in [-0.3, -0.25) is 4.90 Å². The minimum absolute atomic E-state index is 0.895. The van der Waals surface area contributed by atoms with Crippen molar-refractivity contribution >= 4 is 38.7 Å². The Morgan fingerprint density at radius 3 is 1.76 bits per heavy atom. The summed E-state index contributed by atoms with van der Waals surface area (Å²) in [6.07, 6.45) is 1.84. The molecule has 196 valence electrons. The molecule has 0 atom stereocenters. The van der Waals surface area contributed by atoms with E-state index in [0.717, 1.165) is 17.2 Å². The van der Waals surface area contributed by atoms with Gasteiger partial charge < -0.3 is 0 Å². The summed E-state index contributed by atoms with van der Waals surface area (Å²) in [6, 6.07) is 49.9. The molecule has 0 amide bonds. The van der Waals surface area contributed by atoms with Gasteiger partial charge in [0.1, 0.15) is 5.82 Å². The fourth-order valence-corrected chi connectivity index (χ4v) is 6.06. The Balaban J connectivity index is 0.00000135. The molecule has 1 heterocycles. The fourth-order valence-electron chi connectivity index (χ4n) is 6.06. The van der Waals surface area contributed by atoms with Crippen LogP contribution in [0, 0.1) is 0 Å². The first kappa shape index (κ1) is 24.8. The Morgan fingerprint density at radius 1 is 0.463 bits per heavy atom. The number of fused-ring (bicyclic) bond motifs is 4. The Bertz CT molecular complexity index is 1900. The molecule has 7 aromatic rings. The summed E-state index contributed by atoms with van der Waals surface area (Å²) in [5.41, 5.74) is 9.93. The molecule has 0 fully saturated rings. The molecule has 2 nitrogen and oxygen atoms in total. The van der Waals surface area contributed by atoms with Crippen LogP contribution in [0.5, 0.6) is 0 Å². The Hall–Kier alpha value is -5.21. The second kappa shape index (κ2) is 10.4. The number of benzene rings is 6. The largest absolute Gasteiger partial charge is 0.295 e. The van der Waals surface area contributed by atoms with Gasteiger partial charge in [0.2, 0.25) is 0 Å². The third-order valence-electron chi connectivity index (χ3n) is 7.84. The van der Waals surface area contributed by atoms with Crippen LogP contribution in [-0.2, 0) is 0 Å². The molecule has 1 aliphatic rings. The molecule has 0 N–H and O–H groups in total. The zero-order chi connectivity index (χ0) is 27.8. The van der Waals surface area contributed by atoms with Crippen LogP contribution in [0.4, 0.5) is 17.2 Å². The second-order valence-electron chi connectivity index (χ2n) is 10.0. The lowest BCUT2D eigenvalue weighted by Gasteiger charge is -2.24. The van der Waals surface area contributed by atoms with E-state index in [-0.39, 0.29) is 0 Å². The maximum absolute atomic E-state index is 4.65. The summed E-state index contributed by atoms with van der Waals surface area (Å²) in [5.74, 6) is 0.895. The molecule has 2 heteroatoms. The summed E-state index contributed by atoms with van der Waals surface area (Å²) in [4.78, 5) is 6.84. The van der Waals surface area contributed by atoms with E-state index in [1.165, 1.54) is 54.9 Å². The van der Waals surface area contributed by atoms with E-state index in [4.69, 9.17) is 0 Å². The van der Waals surface area contributed by atoms with Gasteiger partial charge in [-0.1, -0.05) is 105 Å². The molecule has 1 aromatic heterocycles. The van der Waals surface area contributed by atoms with Gasteiger partial charge in [-0.2, -0.15) is 0 Å². The topological polar surface area (TPSA) is 16.1 Å². The van der Waals surface area contributed by atoms with Crippen LogP contribution >= 0.6 is 0 Å². The van der Waals surface area contributed by atoms with Crippen LogP contribution in [0.25, 0.3) is 54.9 Å². The van der Waals surface area contributed by atoms with Gasteiger partial charge >= 0.3 is 0 Å². The van der Waals surface area contributed by atoms with Crippen LogP contribution in [0.2, 0.25) is 0 Å². The highest BCUT2D eigenvalue weighted by Crippen LogP contribution is 2.50. The molecule has 0 aliphatic heterocycles. The van der Waals surface area contributed by atoms with Gasteiger partial charge in [-0.15, -0.1) is 0 Å². The molecule has 8 rings (SSSR count). The number of aromatic nitrogens is 1. The van der Waals surface area contributed by atoms with E-state index in [2.05, 4.69) is 125 Å². The number of hydrogen-bond acceptors (Lipinski definition) is 2. The van der Waals surface area contributed by atoms with Crippen LogP contribution in [0.15, 0.2) is 146 Å². The van der Waals surface area contributed by atoms with Crippen molar-refractivity contribution in [2.75, 3.05) is 4.90 Å². The number of anilines is 3. The van der Waals surface area contributed by atoms with E-state index in [0.29, 0.717) is 0 Å². The normalized spacial score (nSPS) is 11.2. The van der Waals surface area contributed by atoms with Crippen molar-refractivity contribution in [3.8, 4) is 33.4 Å². The molecule has 0 radical (unpaired) electrons. The minimum atomic E-state index is 0.895. The summed E-state index contributed by atoms with van der Waals surface area (Å²) in [5, 5.41) is 5.21. The molecular weight excluding hydrogens is 496 g/mol. The van der Waals surface area contributed by atoms with E-state index in [9.17, 15) is 0 Å². The first-order valence-corrected chi connectivity index (χ1v) is 14.3. The molecule has 0 saturated carbocycles. The van der Waals surface area contributed by atoms with Crippen molar-refractivity contribution in [1.82, 2.24) is 4.98 Å². The minimum Gasteiger partial charge on any atom is -0.295 e. The summed E-state index contributed by atoms with van der Waals surface area (Å²) < 4.78 is 0. The van der Waals surface area contributed by atoms with Crippen molar-refractivity contribution in [3.63, 3.8) is 0 Å². The molecule has 1 aliphatic carbocycles. The Labute approximate surface area is 241 Å². The highest BCUT2D eigenvalue weighted by molar-refractivity contribution is 6.20. The molecule has 0 spiro atoms. The lowest BCUT2D eigenvalue weighted by Crippen LogP contribution is -2.11. The molecule has 0 saturated heterocycles. The summed E-state index contributed by atoms with van der Waals surface area (Å²) in [6.45, 7) is 4.00. The fraction of sp³-hybridized carbons (Fsp3) is 0.0513. The maximum atomic E-state index is 4.65. The monoisotopic (exact) mass is 526 g/mol. The molecule has 0 bridgehead atoms. The molecular formula is C39H30N2. The predicted molar refractivity (Wildman–Crippen MR) is 175 cm³/mol. The maximum Gasteiger partial charge on any atom is 0.137 e. The predicted octanol–water partition coefficient (Wildman–Crippen LogP) is 11.2. The zero-order valence-corrected chi connectivity index (χ0v) is 23.3.